The maximum absolute atomic E-state index is 10.9. The van der Waals surface area contributed by atoms with Crippen LogP contribution in [0.4, 0.5) is 0 Å². The Hall–Kier alpha value is -3.08. The molecule has 3 aromatic rings. The number of methoxy groups -OCH3 is 1. The number of nitrogens with zero attached hydrogens (tertiary/aromatic N) is 2. The molecule has 2 heterocycles. The molecule has 0 saturated heterocycles. The minimum atomic E-state index is -0.979. The van der Waals surface area contributed by atoms with Gasteiger partial charge in [-0.15, -0.1) is 0 Å². The minimum Gasteiger partial charge on any atom is -0.497 e. The molecule has 0 spiro atoms. The van der Waals surface area contributed by atoms with Crippen LogP contribution in [-0.2, 0) is 11.2 Å². The average Bonchev–Trinajstić information content (AvgIpc) is 2.92. The lowest BCUT2D eigenvalue weighted by Crippen LogP contribution is -1.95. The molecule has 0 radical (unpaired) electrons. The second kappa shape index (κ2) is 6.58. The van der Waals surface area contributed by atoms with Crippen molar-refractivity contribution in [3.05, 3.63) is 71.2 Å². The highest BCUT2D eigenvalue weighted by molar-refractivity contribution is 5.85. The van der Waals surface area contributed by atoms with Crippen LogP contribution in [0.2, 0.25) is 0 Å². The fraction of sp³-hybridized carbons (Fsp3) is 0.158. The molecular formula is C19H18N2O3. The summed E-state index contributed by atoms with van der Waals surface area (Å²) in [5, 5.41) is 8.95. The molecule has 5 nitrogen and oxygen atoms in total. The summed E-state index contributed by atoms with van der Waals surface area (Å²) in [6, 6.07) is 11.7. The number of ether oxygens (including phenoxy) is 1. The largest absolute Gasteiger partial charge is 0.497 e. The van der Waals surface area contributed by atoms with Crippen molar-refractivity contribution in [2.45, 2.75) is 13.3 Å². The third kappa shape index (κ3) is 3.15. The summed E-state index contributed by atoms with van der Waals surface area (Å²) in [6.07, 6.45) is 5.25. The second-order valence-corrected chi connectivity index (χ2v) is 5.52. The molecule has 1 aromatic carbocycles. The molecule has 0 bridgehead atoms. The highest BCUT2D eigenvalue weighted by Crippen LogP contribution is 2.21. The van der Waals surface area contributed by atoms with Crippen molar-refractivity contribution >= 4 is 17.7 Å². The van der Waals surface area contributed by atoms with Gasteiger partial charge in [-0.3, -0.25) is 4.40 Å². The summed E-state index contributed by atoms with van der Waals surface area (Å²) < 4.78 is 7.10. The Morgan fingerprint density at radius 1 is 1.29 bits per heavy atom. The third-order valence-corrected chi connectivity index (χ3v) is 3.87. The number of aliphatic carboxylic acids is 1. The van der Waals surface area contributed by atoms with Crippen molar-refractivity contribution in [2.24, 2.45) is 0 Å². The molecular weight excluding hydrogens is 304 g/mol. The van der Waals surface area contributed by atoms with Gasteiger partial charge in [0, 0.05) is 18.7 Å². The smallest absolute Gasteiger partial charge is 0.328 e. The fourth-order valence-electron chi connectivity index (χ4n) is 2.66. The van der Waals surface area contributed by atoms with Gasteiger partial charge in [-0.25, -0.2) is 9.78 Å². The number of carbonyl (C=O) groups is 1. The summed E-state index contributed by atoms with van der Waals surface area (Å²) >= 11 is 0. The minimum absolute atomic E-state index is 0.615. The average molecular weight is 322 g/mol. The molecule has 0 saturated carbocycles. The van der Waals surface area contributed by atoms with E-state index in [0.717, 1.165) is 40.0 Å². The van der Waals surface area contributed by atoms with Gasteiger partial charge in [0.1, 0.15) is 11.4 Å². The molecule has 0 atom stereocenters. The maximum atomic E-state index is 10.9. The van der Waals surface area contributed by atoms with Gasteiger partial charge < -0.3 is 9.84 Å². The van der Waals surface area contributed by atoms with Crippen molar-refractivity contribution < 1.29 is 14.6 Å². The van der Waals surface area contributed by atoms with E-state index in [0.29, 0.717) is 6.42 Å². The van der Waals surface area contributed by atoms with E-state index in [2.05, 4.69) is 0 Å². The van der Waals surface area contributed by atoms with E-state index in [9.17, 15) is 4.79 Å². The van der Waals surface area contributed by atoms with Crippen molar-refractivity contribution in [2.75, 3.05) is 7.11 Å². The number of aryl methyl sites for hydroxylation is 1. The lowest BCUT2D eigenvalue weighted by Gasteiger charge is -2.03. The number of rotatable bonds is 5. The summed E-state index contributed by atoms with van der Waals surface area (Å²) in [5.74, 6) is -0.177. The summed E-state index contributed by atoms with van der Waals surface area (Å²) in [7, 11) is 1.63. The third-order valence-electron chi connectivity index (χ3n) is 3.87. The Morgan fingerprint density at radius 2 is 2.04 bits per heavy atom. The fourth-order valence-corrected chi connectivity index (χ4v) is 2.66. The van der Waals surface area contributed by atoms with Crippen LogP contribution in [0, 0.1) is 6.92 Å². The Kier molecular flexibility index (Phi) is 4.33. The lowest BCUT2D eigenvalue weighted by atomic mass is 10.1. The van der Waals surface area contributed by atoms with Crippen molar-refractivity contribution in [3.63, 3.8) is 0 Å². The molecule has 122 valence electrons. The first-order valence-corrected chi connectivity index (χ1v) is 7.59. The van der Waals surface area contributed by atoms with Gasteiger partial charge in [0.05, 0.1) is 18.5 Å². The van der Waals surface area contributed by atoms with Gasteiger partial charge in [-0.05, 0) is 42.3 Å². The highest BCUT2D eigenvalue weighted by Gasteiger charge is 2.12. The number of pyridine rings is 1. The zero-order chi connectivity index (χ0) is 17.1. The zero-order valence-corrected chi connectivity index (χ0v) is 13.6. The molecule has 0 fully saturated rings. The predicted octanol–water partition coefficient (Wildman–Crippen LogP) is 3.34. The molecule has 24 heavy (non-hydrogen) atoms. The van der Waals surface area contributed by atoms with Crippen molar-refractivity contribution in [1.82, 2.24) is 9.38 Å². The van der Waals surface area contributed by atoms with Gasteiger partial charge in [-0.1, -0.05) is 18.2 Å². The number of aromatic nitrogens is 2. The van der Waals surface area contributed by atoms with E-state index in [-0.39, 0.29) is 0 Å². The van der Waals surface area contributed by atoms with Gasteiger partial charge in [-0.2, -0.15) is 0 Å². The number of carboxylic acid groups (broad SMARTS) is 1. The van der Waals surface area contributed by atoms with E-state index in [1.165, 1.54) is 0 Å². The molecule has 3 rings (SSSR count). The van der Waals surface area contributed by atoms with Gasteiger partial charge >= 0.3 is 5.97 Å². The van der Waals surface area contributed by atoms with Crippen LogP contribution in [0.1, 0.15) is 22.5 Å². The van der Waals surface area contributed by atoms with Crippen LogP contribution in [0.3, 0.4) is 0 Å². The van der Waals surface area contributed by atoms with Gasteiger partial charge in [0.15, 0.2) is 0 Å². The number of fused-ring (bicyclic) bond motifs is 1. The maximum Gasteiger partial charge on any atom is 0.328 e. The monoisotopic (exact) mass is 322 g/mol. The van der Waals surface area contributed by atoms with E-state index in [1.54, 1.807) is 13.2 Å². The molecule has 1 N–H and O–H groups in total. The van der Waals surface area contributed by atoms with Crippen LogP contribution >= 0.6 is 0 Å². The topological polar surface area (TPSA) is 63.8 Å². The quantitative estimate of drug-likeness (QED) is 0.732. The van der Waals surface area contributed by atoms with E-state index < -0.39 is 5.97 Å². The molecule has 0 unspecified atom stereocenters. The Morgan fingerprint density at radius 3 is 2.71 bits per heavy atom. The lowest BCUT2D eigenvalue weighted by molar-refractivity contribution is -0.131. The normalized spacial score (nSPS) is 11.2. The standard InChI is InChI=1S/C19H18N2O3/c1-13-4-3-11-21-17(9-10-18(22)23)16(20-19(13)21)12-14-5-7-15(24-2)8-6-14/h3-11H,12H2,1-2H3,(H,22,23)/b10-9+. The molecule has 0 aliphatic rings. The SMILES string of the molecule is COc1ccc(Cc2nc3c(C)cccn3c2/C=C/C(=O)O)cc1. The molecule has 0 aliphatic carbocycles. The van der Waals surface area contributed by atoms with Crippen molar-refractivity contribution in [3.8, 4) is 5.75 Å². The molecule has 2 aromatic heterocycles. The number of carboxylic acids is 1. The highest BCUT2D eigenvalue weighted by atomic mass is 16.5. The van der Waals surface area contributed by atoms with Crippen molar-refractivity contribution in [1.29, 1.82) is 0 Å². The van der Waals surface area contributed by atoms with Crippen LogP contribution in [-0.4, -0.2) is 27.6 Å². The molecule has 0 aliphatic heterocycles. The van der Waals surface area contributed by atoms with Gasteiger partial charge in [0.2, 0.25) is 0 Å². The Bertz CT molecular complexity index is 908. The number of hydrogen-bond acceptors (Lipinski definition) is 3. The molecule has 5 heteroatoms. The first-order valence-electron chi connectivity index (χ1n) is 7.59. The summed E-state index contributed by atoms with van der Waals surface area (Å²) in [6.45, 7) is 1.99. The Labute approximate surface area is 139 Å². The first-order chi connectivity index (χ1) is 11.6. The van der Waals surface area contributed by atoms with Crippen LogP contribution < -0.4 is 4.74 Å². The van der Waals surface area contributed by atoms with Crippen LogP contribution in [0.25, 0.3) is 11.7 Å². The van der Waals surface area contributed by atoms with Gasteiger partial charge in [0.25, 0.3) is 0 Å². The number of benzene rings is 1. The predicted molar refractivity (Wildman–Crippen MR) is 92.4 cm³/mol. The van der Waals surface area contributed by atoms with Crippen LogP contribution in [0.15, 0.2) is 48.7 Å². The molecule has 0 amide bonds. The second-order valence-electron chi connectivity index (χ2n) is 5.52. The zero-order valence-electron chi connectivity index (χ0n) is 13.6. The van der Waals surface area contributed by atoms with E-state index in [1.807, 2.05) is 53.9 Å². The number of imidazole rings is 1. The summed E-state index contributed by atoms with van der Waals surface area (Å²) in [4.78, 5) is 15.6. The van der Waals surface area contributed by atoms with E-state index >= 15 is 0 Å². The Balaban J connectivity index is 2.06. The number of hydrogen-bond donors (Lipinski definition) is 1. The van der Waals surface area contributed by atoms with Crippen LogP contribution in [0.5, 0.6) is 5.75 Å². The van der Waals surface area contributed by atoms with E-state index in [4.69, 9.17) is 14.8 Å². The first kappa shape index (κ1) is 15.8. The summed E-state index contributed by atoms with van der Waals surface area (Å²) in [5.41, 5.74) is 4.59.